The Hall–Kier alpha value is -3.00. The second-order valence-electron chi connectivity index (χ2n) is 5.53. The van der Waals surface area contributed by atoms with Crippen LogP contribution in [0, 0.1) is 17.0 Å². The molecule has 0 aliphatic carbocycles. The van der Waals surface area contributed by atoms with E-state index >= 15 is 0 Å². The number of carbonyl (C=O) groups is 1. The molecule has 1 unspecified atom stereocenters. The lowest BCUT2D eigenvalue weighted by molar-refractivity contribution is -0.385. The number of nitro groups is 1. The third kappa shape index (κ3) is 3.43. The second-order valence-corrected chi connectivity index (χ2v) is 5.96. The molecule has 9 heteroatoms. The van der Waals surface area contributed by atoms with Crippen molar-refractivity contribution in [3.8, 4) is 0 Å². The van der Waals surface area contributed by atoms with Gasteiger partial charge in [0, 0.05) is 16.7 Å². The van der Waals surface area contributed by atoms with Crippen molar-refractivity contribution in [1.29, 1.82) is 0 Å². The van der Waals surface area contributed by atoms with Crippen molar-refractivity contribution >= 4 is 29.3 Å². The molecule has 2 aromatic carbocycles. The minimum Gasteiger partial charge on any atom is -0.299 e. The molecule has 0 N–H and O–H groups in total. The van der Waals surface area contributed by atoms with Crippen LogP contribution in [0.25, 0.3) is 0 Å². The average Bonchev–Trinajstić information content (AvgIpc) is 2.98. The maximum absolute atomic E-state index is 11.6. The first-order valence-corrected chi connectivity index (χ1v) is 7.79. The van der Waals surface area contributed by atoms with Crippen LogP contribution in [0.1, 0.15) is 11.1 Å². The van der Waals surface area contributed by atoms with Crippen molar-refractivity contribution in [2.75, 3.05) is 5.01 Å². The highest BCUT2D eigenvalue weighted by Gasteiger charge is 2.30. The van der Waals surface area contributed by atoms with E-state index in [9.17, 15) is 14.9 Å². The molecule has 0 fully saturated rings. The fraction of sp³-hybridized carbons (Fsp3) is 0.188. The van der Waals surface area contributed by atoms with Gasteiger partial charge >= 0.3 is 0 Å². The Morgan fingerprint density at radius 2 is 1.96 bits per heavy atom. The number of benzene rings is 2. The van der Waals surface area contributed by atoms with E-state index in [4.69, 9.17) is 11.6 Å². The number of aryl methyl sites for hydroxylation is 1. The summed E-state index contributed by atoms with van der Waals surface area (Å²) in [5.41, 5.74) is 2.09. The van der Waals surface area contributed by atoms with E-state index in [-0.39, 0.29) is 5.69 Å². The quantitative estimate of drug-likeness (QED) is 0.461. The molecule has 128 valence electrons. The van der Waals surface area contributed by atoms with Crippen LogP contribution in [0.5, 0.6) is 0 Å². The first-order valence-electron chi connectivity index (χ1n) is 7.42. The SMILES string of the molecule is Cc1cc(CN2N=NN(c3ccc(Cl)cc3)C2C=O)ccc1[N+](=O)[O-]. The Balaban J connectivity index is 1.78. The summed E-state index contributed by atoms with van der Waals surface area (Å²) < 4.78 is 0. The van der Waals surface area contributed by atoms with Crippen molar-refractivity contribution < 1.29 is 9.72 Å². The Morgan fingerprint density at radius 1 is 1.24 bits per heavy atom. The third-order valence-corrected chi connectivity index (χ3v) is 4.07. The van der Waals surface area contributed by atoms with Gasteiger partial charge < -0.3 is 0 Å². The summed E-state index contributed by atoms with van der Waals surface area (Å²) in [5.74, 6) is 0. The van der Waals surface area contributed by atoms with Gasteiger partial charge in [-0.3, -0.25) is 14.9 Å². The number of carbonyl (C=O) groups excluding carboxylic acids is 1. The van der Waals surface area contributed by atoms with Gasteiger partial charge in [0.05, 0.1) is 17.2 Å². The molecule has 1 heterocycles. The zero-order valence-corrected chi connectivity index (χ0v) is 14.0. The molecule has 0 amide bonds. The smallest absolute Gasteiger partial charge is 0.272 e. The van der Waals surface area contributed by atoms with Crippen LogP contribution in [0.2, 0.25) is 5.02 Å². The minimum atomic E-state index is -0.698. The van der Waals surface area contributed by atoms with Crippen molar-refractivity contribution in [2.24, 2.45) is 10.4 Å². The van der Waals surface area contributed by atoms with Gasteiger partial charge in [0.15, 0.2) is 12.5 Å². The summed E-state index contributed by atoms with van der Waals surface area (Å²) in [6, 6.07) is 11.7. The Labute approximate surface area is 148 Å². The minimum absolute atomic E-state index is 0.0570. The molecular weight excluding hydrogens is 346 g/mol. The number of nitrogens with zero attached hydrogens (tertiary/aromatic N) is 5. The summed E-state index contributed by atoms with van der Waals surface area (Å²) in [4.78, 5) is 22.0. The standard InChI is InChI=1S/C16H14ClN5O3/c1-11-8-12(2-7-15(11)22(24)25)9-20-16(10-23)21(19-18-20)14-5-3-13(17)4-6-14/h2-8,10,16H,9H2,1H3. The van der Waals surface area contributed by atoms with Crippen LogP contribution in [-0.2, 0) is 11.3 Å². The van der Waals surface area contributed by atoms with E-state index in [0.717, 1.165) is 11.8 Å². The number of aldehydes is 1. The fourth-order valence-corrected chi connectivity index (χ4v) is 2.71. The zero-order chi connectivity index (χ0) is 18.0. The molecule has 0 spiro atoms. The molecular formula is C16H14ClN5O3. The van der Waals surface area contributed by atoms with E-state index < -0.39 is 11.1 Å². The fourth-order valence-electron chi connectivity index (χ4n) is 2.59. The highest BCUT2D eigenvalue weighted by molar-refractivity contribution is 6.30. The second kappa shape index (κ2) is 6.86. The van der Waals surface area contributed by atoms with Crippen molar-refractivity contribution in [1.82, 2.24) is 5.01 Å². The van der Waals surface area contributed by atoms with Gasteiger partial charge in [0.2, 0.25) is 0 Å². The maximum atomic E-state index is 11.6. The summed E-state index contributed by atoms with van der Waals surface area (Å²) in [5, 5.41) is 22.6. The van der Waals surface area contributed by atoms with Crippen molar-refractivity contribution in [3.63, 3.8) is 0 Å². The summed E-state index contributed by atoms with van der Waals surface area (Å²) in [6.07, 6.45) is 0.0454. The van der Waals surface area contributed by atoms with Crippen LogP contribution >= 0.6 is 11.6 Å². The predicted octanol–water partition coefficient (Wildman–Crippen LogP) is 3.69. The first-order chi connectivity index (χ1) is 12.0. The lowest BCUT2D eigenvalue weighted by atomic mass is 10.1. The molecule has 0 radical (unpaired) electrons. The predicted molar refractivity (Wildman–Crippen MR) is 92.0 cm³/mol. The highest BCUT2D eigenvalue weighted by atomic mass is 35.5. The van der Waals surface area contributed by atoms with Crippen LogP contribution in [0.3, 0.4) is 0 Å². The van der Waals surface area contributed by atoms with Gasteiger partial charge in [-0.25, -0.2) is 10.0 Å². The molecule has 0 saturated heterocycles. The molecule has 8 nitrogen and oxygen atoms in total. The van der Waals surface area contributed by atoms with Gasteiger partial charge in [-0.1, -0.05) is 22.9 Å². The van der Waals surface area contributed by atoms with Gasteiger partial charge in [0.1, 0.15) is 0 Å². The first kappa shape index (κ1) is 16.8. The van der Waals surface area contributed by atoms with E-state index in [0.29, 0.717) is 22.8 Å². The zero-order valence-electron chi connectivity index (χ0n) is 13.2. The van der Waals surface area contributed by atoms with Crippen LogP contribution < -0.4 is 5.01 Å². The summed E-state index contributed by atoms with van der Waals surface area (Å²) in [7, 11) is 0. The molecule has 1 aliphatic rings. The molecule has 1 aliphatic heterocycles. The van der Waals surface area contributed by atoms with Crippen LogP contribution in [0.15, 0.2) is 52.9 Å². The topological polar surface area (TPSA) is 91.4 Å². The monoisotopic (exact) mass is 359 g/mol. The number of nitro benzene ring substituents is 1. The lowest BCUT2D eigenvalue weighted by Gasteiger charge is -2.23. The number of hydrogen-bond acceptors (Lipinski definition) is 7. The largest absolute Gasteiger partial charge is 0.299 e. The van der Waals surface area contributed by atoms with E-state index in [1.165, 1.54) is 16.1 Å². The molecule has 25 heavy (non-hydrogen) atoms. The van der Waals surface area contributed by atoms with Gasteiger partial charge in [-0.05, 0) is 48.0 Å². The number of rotatable bonds is 5. The molecule has 2 aromatic rings. The highest BCUT2D eigenvalue weighted by Crippen LogP contribution is 2.27. The van der Waals surface area contributed by atoms with Crippen molar-refractivity contribution in [2.45, 2.75) is 19.6 Å². The van der Waals surface area contributed by atoms with E-state index in [1.807, 2.05) is 0 Å². The van der Waals surface area contributed by atoms with Crippen LogP contribution in [0.4, 0.5) is 11.4 Å². The Bertz CT molecular complexity index is 840. The van der Waals surface area contributed by atoms with Crippen molar-refractivity contribution in [3.05, 3.63) is 68.7 Å². The van der Waals surface area contributed by atoms with E-state index in [2.05, 4.69) is 10.4 Å². The summed E-state index contributed by atoms with van der Waals surface area (Å²) in [6.45, 7) is 1.97. The third-order valence-electron chi connectivity index (χ3n) is 3.82. The van der Waals surface area contributed by atoms with Gasteiger partial charge in [-0.15, -0.1) is 0 Å². The number of halogens is 1. The number of hydrogen-bond donors (Lipinski definition) is 0. The molecule has 0 bridgehead atoms. The normalized spacial score (nSPS) is 16.3. The summed E-state index contributed by atoms with van der Waals surface area (Å²) >= 11 is 5.87. The maximum Gasteiger partial charge on any atom is 0.272 e. The molecule has 3 rings (SSSR count). The molecule has 0 saturated carbocycles. The van der Waals surface area contributed by atoms with Gasteiger partial charge in [0.25, 0.3) is 5.69 Å². The lowest BCUT2D eigenvalue weighted by Crippen LogP contribution is -2.39. The molecule has 1 atom stereocenters. The van der Waals surface area contributed by atoms with Crippen LogP contribution in [-0.4, -0.2) is 22.4 Å². The molecule has 0 aromatic heterocycles. The average molecular weight is 360 g/mol. The van der Waals surface area contributed by atoms with E-state index in [1.54, 1.807) is 43.3 Å². The Morgan fingerprint density at radius 3 is 2.56 bits per heavy atom. The number of anilines is 1. The van der Waals surface area contributed by atoms with Gasteiger partial charge in [-0.2, -0.15) is 0 Å². The Kier molecular flexibility index (Phi) is 4.62.